The van der Waals surface area contributed by atoms with Crippen molar-refractivity contribution in [3.63, 3.8) is 0 Å². The number of aliphatic hydroxyl groups excluding tert-OH is 1. The number of amides is 1. The first-order valence-electron chi connectivity index (χ1n) is 9.83. The van der Waals surface area contributed by atoms with E-state index in [1.165, 1.54) is 0 Å². The molecule has 0 aliphatic rings. The largest absolute Gasteiger partial charge is 0.490 e. The normalized spacial score (nSPS) is 13.2. The van der Waals surface area contributed by atoms with Gasteiger partial charge in [0, 0.05) is 0 Å². The maximum absolute atomic E-state index is 12.2. The quantitative estimate of drug-likeness (QED) is 0.571. The van der Waals surface area contributed by atoms with Gasteiger partial charge in [-0.25, -0.2) is 9.59 Å². The molecule has 8 heteroatoms. The average molecular weight is 411 g/mol. The second-order valence-corrected chi connectivity index (χ2v) is 7.30. The van der Waals surface area contributed by atoms with Crippen LogP contribution in [0.3, 0.4) is 0 Å². The van der Waals surface area contributed by atoms with Gasteiger partial charge in [0.15, 0.2) is 17.6 Å². The average Bonchev–Trinajstić information content (AvgIpc) is 2.61. The highest BCUT2D eigenvalue weighted by Gasteiger charge is 2.31. The molecule has 0 saturated heterocycles. The minimum absolute atomic E-state index is 0.118. The topological polar surface area (TPSA) is 103 Å². The first-order valence-corrected chi connectivity index (χ1v) is 9.83. The van der Waals surface area contributed by atoms with Crippen molar-refractivity contribution in [2.45, 2.75) is 65.7 Å². The lowest BCUT2D eigenvalue weighted by Gasteiger charge is -2.26. The Labute approximate surface area is 172 Å². The fourth-order valence-electron chi connectivity index (χ4n) is 2.57. The third-order valence-electron chi connectivity index (χ3n) is 3.67. The zero-order valence-electron chi connectivity index (χ0n) is 18.1. The van der Waals surface area contributed by atoms with Crippen LogP contribution in [-0.4, -0.2) is 54.7 Å². The van der Waals surface area contributed by atoms with E-state index in [0.717, 1.165) is 5.56 Å². The highest BCUT2D eigenvalue weighted by molar-refractivity contribution is 5.77. The van der Waals surface area contributed by atoms with Crippen LogP contribution in [0.2, 0.25) is 0 Å². The van der Waals surface area contributed by atoms with Crippen molar-refractivity contribution in [1.29, 1.82) is 0 Å². The number of nitrogens with one attached hydrogen (secondary N) is 1. The summed E-state index contributed by atoms with van der Waals surface area (Å²) >= 11 is 0. The van der Waals surface area contributed by atoms with Gasteiger partial charge in [-0.05, 0) is 65.7 Å². The first-order chi connectivity index (χ1) is 13.6. The summed E-state index contributed by atoms with van der Waals surface area (Å²) in [6, 6.07) is 4.35. The van der Waals surface area contributed by atoms with Crippen LogP contribution in [-0.2, 0) is 20.7 Å². The van der Waals surface area contributed by atoms with Crippen molar-refractivity contribution < 1.29 is 33.6 Å². The summed E-state index contributed by atoms with van der Waals surface area (Å²) in [5.41, 5.74) is 0.0199. The Bertz CT molecular complexity index is 669. The number of rotatable bonds is 10. The molecule has 164 valence electrons. The van der Waals surface area contributed by atoms with Crippen LogP contribution in [0.15, 0.2) is 18.2 Å². The third-order valence-corrected chi connectivity index (χ3v) is 3.67. The number of carbonyl (C=O) groups excluding carboxylic acids is 2. The molecule has 2 atom stereocenters. The van der Waals surface area contributed by atoms with Crippen molar-refractivity contribution in [3.8, 4) is 11.5 Å². The maximum atomic E-state index is 12.2. The Morgan fingerprint density at radius 3 is 2.21 bits per heavy atom. The van der Waals surface area contributed by atoms with E-state index in [4.69, 9.17) is 18.9 Å². The number of carbonyl (C=O) groups is 2. The number of hydrogen-bond acceptors (Lipinski definition) is 7. The molecule has 0 fully saturated rings. The van der Waals surface area contributed by atoms with Crippen LogP contribution in [0, 0.1) is 0 Å². The molecule has 0 saturated carbocycles. The van der Waals surface area contributed by atoms with Gasteiger partial charge >= 0.3 is 12.1 Å². The standard InChI is InChI=1S/C21H33NO7/c1-7-26-16-11-10-14(13-17(16)27-8-2)12-15(18(23)19(24)28-9-3)22-20(25)29-21(4,5)6/h10-11,13,15,18,23H,7-9,12H2,1-6H3,(H,22,25). The van der Waals surface area contributed by atoms with Gasteiger partial charge in [-0.1, -0.05) is 6.07 Å². The van der Waals surface area contributed by atoms with E-state index in [1.807, 2.05) is 13.8 Å². The Morgan fingerprint density at radius 2 is 1.66 bits per heavy atom. The molecule has 0 aliphatic carbocycles. The van der Waals surface area contributed by atoms with Crippen LogP contribution >= 0.6 is 0 Å². The van der Waals surface area contributed by atoms with Crippen LogP contribution in [0.4, 0.5) is 4.79 Å². The number of esters is 1. The molecule has 0 heterocycles. The van der Waals surface area contributed by atoms with E-state index in [2.05, 4.69) is 5.32 Å². The number of ether oxygens (including phenoxy) is 4. The van der Waals surface area contributed by atoms with E-state index < -0.39 is 29.8 Å². The van der Waals surface area contributed by atoms with Crippen molar-refractivity contribution in [3.05, 3.63) is 23.8 Å². The molecule has 0 aliphatic heterocycles. The number of hydrogen-bond donors (Lipinski definition) is 2. The molecule has 0 aromatic heterocycles. The Balaban J connectivity index is 3.07. The van der Waals surface area contributed by atoms with E-state index in [9.17, 15) is 14.7 Å². The lowest BCUT2D eigenvalue weighted by molar-refractivity contribution is -0.154. The molecular formula is C21H33NO7. The SMILES string of the molecule is CCOC(=O)C(O)C(Cc1ccc(OCC)c(OCC)c1)NC(=O)OC(C)(C)C. The molecule has 29 heavy (non-hydrogen) atoms. The Hall–Kier alpha value is -2.48. The minimum atomic E-state index is -1.55. The predicted molar refractivity (Wildman–Crippen MR) is 108 cm³/mol. The van der Waals surface area contributed by atoms with E-state index in [1.54, 1.807) is 45.9 Å². The van der Waals surface area contributed by atoms with Gasteiger partial charge in [-0.3, -0.25) is 0 Å². The first kappa shape index (κ1) is 24.6. The molecule has 0 radical (unpaired) electrons. The summed E-state index contributed by atoms with van der Waals surface area (Å²) in [5, 5.41) is 13.0. The molecular weight excluding hydrogens is 378 g/mol. The summed E-state index contributed by atoms with van der Waals surface area (Å²) in [6.45, 7) is 11.6. The second-order valence-electron chi connectivity index (χ2n) is 7.30. The zero-order valence-corrected chi connectivity index (χ0v) is 18.1. The van der Waals surface area contributed by atoms with E-state index in [0.29, 0.717) is 24.7 Å². The van der Waals surface area contributed by atoms with Gasteiger partial charge in [0.2, 0.25) is 0 Å². The third kappa shape index (κ3) is 8.60. The Kier molecular flexibility index (Phi) is 9.74. The predicted octanol–water partition coefficient (Wildman–Crippen LogP) is 2.84. The van der Waals surface area contributed by atoms with Crippen molar-refractivity contribution in [2.75, 3.05) is 19.8 Å². The highest BCUT2D eigenvalue weighted by atomic mass is 16.6. The van der Waals surface area contributed by atoms with Gasteiger partial charge in [0.25, 0.3) is 0 Å². The summed E-state index contributed by atoms with van der Waals surface area (Å²) < 4.78 is 21.3. The Morgan fingerprint density at radius 1 is 1.03 bits per heavy atom. The van der Waals surface area contributed by atoms with Crippen LogP contribution in [0.25, 0.3) is 0 Å². The monoisotopic (exact) mass is 411 g/mol. The van der Waals surface area contributed by atoms with Gasteiger partial charge in [0.1, 0.15) is 5.60 Å². The molecule has 0 spiro atoms. The van der Waals surface area contributed by atoms with Crippen LogP contribution < -0.4 is 14.8 Å². The van der Waals surface area contributed by atoms with Gasteiger partial charge in [0.05, 0.1) is 25.9 Å². The summed E-state index contributed by atoms with van der Waals surface area (Å²) in [4.78, 5) is 24.3. The van der Waals surface area contributed by atoms with Gasteiger partial charge < -0.3 is 29.4 Å². The van der Waals surface area contributed by atoms with Crippen LogP contribution in [0.5, 0.6) is 11.5 Å². The molecule has 2 unspecified atom stereocenters. The molecule has 1 amide bonds. The smallest absolute Gasteiger partial charge is 0.407 e. The molecule has 1 aromatic rings. The fraction of sp³-hybridized carbons (Fsp3) is 0.619. The number of aliphatic hydroxyl groups is 1. The van der Waals surface area contributed by atoms with E-state index >= 15 is 0 Å². The molecule has 1 rings (SSSR count). The van der Waals surface area contributed by atoms with Crippen molar-refractivity contribution in [1.82, 2.24) is 5.32 Å². The number of alkyl carbamates (subject to hydrolysis) is 1. The van der Waals surface area contributed by atoms with Gasteiger partial charge in [-0.15, -0.1) is 0 Å². The molecule has 0 bridgehead atoms. The van der Waals surface area contributed by atoms with Gasteiger partial charge in [-0.2, -0.15) is 0 Å². The maximum Gasteiger partial charge on any atom is 0.407 e. The lowest BCUT2D eigenvalue weighted by atomic mass is 10.0. The highest BCUT2D eigenvalue weighted by Crippen LogP contribution is 2.29. The van der Waals surface area contributed by atoms with E-state index in [-0.39, 0.29) is 13.0 Å². The zero-order chi connectivity index (χ0) is 22.0. The summed E-state index contributed by atoms with van der Waals surface area (Å²) in [5.74, 6) is 0.332. The van der Waals surface area contributed by atoms with Crippen molar-refractivity contribution >= 4 is 12.1 Å². The number of benzene rings is 1. The van der Waals surface area contributed by atoms with Crippen molar-refractivity contribution in [2.24, 2.45) is 0 Å². The fourth-order valence-corrected chi connectivity index (χ4v) is 2.57. The molecule has 8 nitrogen and oxygen atoms in total. The molecule has 1 aromatic carbocycles. The molecule has 2 N–H and O–H groups in total. The summed E-state index contributed by atoms with van der Waals surface area (Å²) in [7, 11) is 0. The minimum Gasteiger partial charge on any atom is -0.490 e. The van der Waals surface area contributed by atoms with Crippen LogP contribution in [0.1, 0.15) is 47.1 Å². The summed E-state index contributed by atoms with van der Waals surface area (Å²) in [6.07, 6.45) is -2.13. The lowest BCUT2D eigenvalue weighted by Crippen LogP contribution is -2.50. The second kappa shape index (κ2) is 11.5.